The minimum Gasteiger partial charge on any atom is -0.466 e. The second-order valence-corrected chi connectivity index (χ2v) is 2.54. The molecule has 64 valence electrons. The first-order valence-corrected chi connectivity index (χ1v) is 3.75. The van der Waals surface area contributed by atoms with Gasteiger partial charge < -0.3 is 9.53 Å². The molecule has 0 unspecified atom stereocenters. The van der Waals surface area contributed by atoms with Gasteiger partial charge in [0, 0.05) is 5.92 Å². The topological polar surface area (TPSA) is 43.4 Å². The van der Waals surface area contributed by atoms with Crippen LogP contribution in [0.4, 0.5) is 0 Å². The molecule has 0 aromatic carbocycles. The molecule has 0 spiro atoms. The van der Waals surface area contributed by atoms with Crippen LogP contribution in [0, 0.1) is 11.8 Å². The average molecular weight is 158 g/mol. The quantitative estimate of drug-likeness (QED) is 0.453. The molecule has 0 aliphatic heterocycles. The highest BCUT2D eigenvalue weighted by atomic mass is 16.5. The molecule has 0 heterocycles. The van der Waals surface area contributed by atoms with E-state index in [-0.39, 0.29) is 17.8 Å². The number of ether oxygens (including phenoxy) is 1. The zero-order valence-corrected chi connectivity index (χ0v) is 7.16. The van der Waals surface area contributed by atoms with E-state index in [4.69, 9.17) is 4.74 Å². The summed E-state index contributed by atoms with van der Waals surface area (Å²) in [5, 5.41) is 0. The summed E-state index contributed by atoms with van der Waals surface area (Å²) < 4.78 is 4.73. The molecule has 0 amide bonds. The first-order chi connectivity index (χ1) is 5.13. The van der Waals surface area contributed by atoms with Crippen molar-refractivity contribution < 1.29 is 14.3 Å². The molecule has 0 aromatic heterocycles. The van der Waals surface area contributed by atoms with Crippen LogP contribution in [-0.4, -0.2) is 18.9 Å². The summed E-state index contributed by atoms with van der Waals surface area (Å²) in [7, 11) is 0. The summed E-state index contributed by atoms with van der Waals surface area (Å²) in [6.07, 6.45) is 0.765. The lowest BCUT2D eigenvalue weighted by Crippen LogP contribution is -2.22. The lowest BCUT2D eigenvalue weighted by atomic mass is 9.98. The van der Waals surface area contributed by atoms with Crippen LogP contribution < -0.4 is 0 Å². The molecule has 0 rings (SSSR count). The van der Waals surface area contributed by atoms with Crippen molar-refractivity contribution in [3.63, 3.8) is 0 Å². The molecule has 0 fully saturated rings. The molecule has 3 heteroatoms. The van der Waals surface area contributed by atoms with E-state index in [9.17, 15) is 9.59 Å². The normalized spacial score (nSPS) is 15.2. The van der Waals surface area contributed by atoms with Crippen molar-refractivity contribution in [1.29, 1.82) is 0 Å². The summed E-state index contributed by atoms with van der Waals surface area (Å²) in [6, 6.07) is 0. The number of hydrogen-bond donors (Lipinski definition) is 0. The van der Waals surface area contributed by atoms with E-state index < -0.39 is 0 Å². The molecule has 0 saturated heterocycles. The zero-order chi connectivity index (χ0) is 8.85. The van der Waals surface area contributed by atoms with E-state index in [0.29, 0.717) is 6.61 Å². The molecule has 11 heavy (non-hydrogen) atoms. The van der Waals surface area contributed by atoms with E-state index in [1.54, 1.807) is 20.8 Å². The highest BCUT2D eigenvalue weighted by Crippen LogP contribution is 2.09. The molecule has 0 aromatic rings. The van der Waals surface area contributed by atoms with Gasteiger partial charge in [-0.3, -0.25) is 4.79 Å². The van der Waals surface area contributed by atoms with E-state index in [1.165, 1.54) is 0 Å². The maximum Gasteiger partial charge on any atom is 0.309 e. The van der Waals surface area contributed by atoms with Gasteiger partial charge in [0.05, 0.1) is 12.5 Å². The van der Waals surface area contributed by atoms with Crippen molar-refractivity contribution in [3.8, 4) is 0 Å². The Kier molecular flexibility index (Phi) is 4.50. The standard InChI is InChI=1S/C8H14O3/c1-4-11-8(10)7(3)6(2)5-9/h5-7H,4H2,1-3H3/t6-,7+/m1/s1. The Balaban J connectivity index is 3.90. The smallest absolute Gasteiger partial charge is 0.309 e. The van der Waals surface area contributed by atoms with Crippen LogP contribution in [0.3, 0.4) is 0 Å². The first kappa shape index (κ1) is 10.1. The maximum absolute atomic E-state index is 11.0. The fourth-order valence-electron chi connectivity index (χ4n) is 0.606. The Hall–Kier alpha value is -0.860. The molecular formula is C8H14O3. The van der Waals surface area contributed by atoms with Gasteiger partial charge in [0.1, 0.15) is 6.29 Å². The van der Waals surface area contributed by atoms with Gasteiger partial charge in [-0.2, -0.15) is 0 Å². The van der Waals surface area contributed by atoms with Crippen LogP contribution in [0.1, 0.15) is 20.8 Å². The van der Waals surface area contributed by atoms with Crippen molar-refractivity contribution >= 4 is 12.3 Å². The van der Waals surface area contributed by atoms with E-state index in [0.717, 1.165) is 6.29 Å². The van der Waals surface area contributed by atoms with Gasteiger partial charge in [0.2, 0.25) is 0 Å². The van der Waals surface area contributed by atoms with E-state index in [2.05, 4.69) is 0 Å². The lowest BCUT2D eigenvalue weighted by molar-refractivity contribution is -0.150. The fourth-order valence-corrected chi connectivity index (χ4v) is 0.606. The van der Waals surface area contributed by atoms with Crippen molar-refractivity contribution in [2.75, 3.05) is 6.61 Å². The van der Waals surface area contributed by atoms with Crippen molar-refractivity contribution in [3.05, 3.63) is 0 Å². The minimum atomic E-state index is -0.326. The predicted octanol–water partition coefficient (Wildman–Crippen LogP) is 1.02. The third kappa shape index (κ3) is 3.16. The fraction of sp³-hybridized carbons (Fsp3) is 0.750. The van der Waals surface area contributed by atoms with Crippen molar-refractivity contribution in [2.24, 2.45) is 11.8 Å². The molecule has 0 aliphatic rings. The van der Waals surface area contributed by atoms with Crippen LogP contribution in [0.2, 0.25) is 0 Å². The van der Waals surface area contributed by atoms with E-state index in [1.807, 2.05) is 0 Å². The third-order valence-electron chi connectivity index (χ3n) is 1.66. The molecule has 0 radical (unpaired) electrons. The van der Waals surface area contributed by atoms with Crippen molar-refractivity contribution in [1.82, 2.24) is 0 Å². The number of aldehydes is 1. The highest BCUT2D eigenvalue weighted by Gasteiger charge is 2.20. The highest BCUT2D eigenvalue weighted by molar-refractivity contribution is 5.76. The van der Waals surface area contributed by atoms with Gasteiger partial charge in [-0.15, -0.1) is 0 Å². The summed E-state index contributed by atoms with van der Waals surface area (Å²) in [5.74, 6) is -0.881. The van der Waals surface area contributed by atoms with Gasteiger partial charge in [0.25, 0.3) is 0 Å². The Morgan fingerprint density at radius 3 is 2.45 bits per heavy atom. The Bertz CT molecular complexity index is 142. The predicted molar refractivity (Wildman–Crippen MR) is 41.0 cm³/mol. The molecule has 2 atom stereocenters. The summed E-state index contributed by atoms with van der Waals surface area (Å²) in [6.45, 7) is 5.51. The molecule has 0 saturated carbocycles. The summed E-state index contributed by atoms with van der Waals surface area (Å²) in [4.78, 5) is 21.2. The average Bonchev–Trinajstić information content (AvgIpc) is 2.02. The van der Waals surface area contributed by atoms with Crippen LogP contribution in [0.25, 0.3) is 0 Å². The van der Waals surface area contributed by atoms with E-state index >= 15 is 0 Å². The largest absolute Gasteiger partial charge is 0.466 e. The zero-order valence-electron chi connectivity index (χ0n) is 7.16. The van der Waals surface area contributed by atoms with Gasteiger partial charge in [0.15, 0.2) is 0 Å². The lowest BCUT2D eigenvalue weighted by Gasteiger charge is -2.11. The number of hydrogen-bond acceptors (Lipinski definition) is 3. The van der Waals surface area contributed by atoms with Gasteiger partial charge in [-0.25, -0.2) is 0 Å². The number of esters is 1. The van der Waals surface area contributed by atoms with Crippen LogP contribution in [0.5, 0.6) is 0 Å². The molecule has 3 nitrogen and oxygen atoms in total. The molecule has 0 aliphatic carbocycles. The van der Waals surface area contributed by atoms with Crippen LogP contribution in [0.15, 0.2) is 0 Å². The Labute approximate surface area is 66.7 Å². The van der Waals surface area contributed by atoms with Gasteiger partial charge >= 0.3 is 5.97 Å². The summed E-state index contributed by atoms with van der Waals surface area (Å²) in [5.41, 5.74) is 0. The number of rotatable bonds is 4. The Morgan fingerprint density at radius 2 is 2.09 bits per heavy atom. The summed E-state index contributed by atoms with van der Waals surface area (Å²) >= 11 is 0. The van der Waals surface area contributed by atoms with Crippen LogP contribution in [-0.2, 0) is 14.3 Å². The second kappa shape index (κ2) is 4.88. The molecular weight excluding hydrogens is 144 g/mol. The number of carbonyl (C=O) groups excluding carboxylic acids is 2. The molecule has 0 bridgehead atoms. The first-order valence-electron chi connectivity index (χ1n) is 3.75. The van der Waals surface area contributed by atoms with Gasteiger partial charge in [-0.05, 0) is 6.92 Å². The monoisotopic (exact) mass is 158 g/mol. The van der Waals surface area contributed by atoms with Crippen molar-refractivity contribution in [2.45, 2.75) is 20.8 Å². The minimum absolute atomic E-state index is 0.256. The number of carbonyl (C=O) groups is 2. The third-order valence-corrected chi connectivity index (χ3v) is 1.66. The van der Waals surface area contributed by atoms with Gasteiger partial charge in [-0.1, -0.05) is 13.8 Å². The molecule has 0 N–H and O–H groups in total. The maximum atomic E-state index is 11.0. The Morgan fingerprint density at radius 1 is 1.55 bits per heavy atom. The van der Waals surface area contributed by atoms with Crippen LogP contribution >= 0.6 is 0 Å². The SMILES string of the molecule is CCOC(=O)[C@@H](C)[C@H](C)C=O. The second-order valence-electron chi connectivity index (χ2n) is 2.54.